The van der Waals surface area contributed by atoms with Crippen molar-refractivity contribution in [3.8, 4) is 5.75 Å². The van der Waals surface area contributed by atoms with Crippen LogP contribution < -0.4 is 15.5 Å². The van der Waals surface area contributed by atoms with E-state index in [4.69, 9.17) is 4.74 Å². The largest absolute Gasteiger partial charge is 0.484 e. The fourth-order valence-electron chi connectivity index (χ4n) is 3.04. The number of carbonyl (C=O) groups excluding carboxylic acids is 2. The second kappa shape index (κ2) is 12.1. The minimum atomic E-state index is -0.190. The standard InChI is InChI=1S/C26H27N3O3/c1-20(23-10-6-3-7-11-23)28-26(31)19-32-24-15-12-22(13-16-24)18-27-29-25(30)17-14-21-8-4-2-5-9-21/h2-13,15-16,18,20H,14,17,19H2,1H3,(H,28,31)(H,29,30)/b27-18-/t20-/m1/s1. The van der Waals surface area contributed by atoms with Crippen LogP contribution in [0.4, 0.5) is 0 Å². The van der Waals surface area contributed by atoms with Gasteiger partial charge in [0.05, 0.1) is 12.3 Å². The zero-order valence-corrected chi connectivity index (χ0v) is 18.0. The van der Waals surface area contributed by atoms with Gasteiger partial charge < -0.3 is 10.1 Å². The van der Waals surface area contributed by atoms with Crippen molar-refractivity contribution in [1.29, 1.82) is 0 Å². The number of benzene rings is 3. The highest BCUT2D eigenvalue weighted by Crippen LogP contribution is 2.13. The van der Waals surface area contributed by atoms with Crippen LogP contribution in [0.5, 0.6) is 5.75 Å². The van der Waals surface area contributed by atoms with E-state index in [1.807, 2.05) is 67.6 Å². The van der Waals surface area contributed by atoms with E-state index in [1.54, 1.807) is 30.5 Å². The van der Waals surface area contributed by atoms with Crippen molar-refractivity contribution in [3.05, 3.63) is 102 Å². The lowest BCUT2D eigenvalue weighted by Crippen LogP contribution is -2.31. The summed E-state index contributed by atoms with van der Waals surface area (Å²) in [7, 11) is 0. The SMILES string of the molecule is C[C@@H](NC(=O)COc1ccc(/C=N\NC(=O)CCc2ccccc2)cc1)c1ccccc1. The molecule has 32 heavy (non-hydrogen) atoms. The Morgan fingerprint density at radius 1 is 0.906 bits per heavy atom. The van der Waals surface area contributed by atoms with Gasteiger partial charge in [0.15, 0.2) is 6.61 Å². The second-order valence-corrected chi connectivity index (χ2v) is 7.34. The van der Waals surface area contributed by atoms with E-state index in [2.05, 4.69) is 15.8 Å². The molecule has 0 aliphatic carbocycles. The quantitative estimate of drug-likeness (QED) is 0.377. The van der Waals surface area contributed by atoms with Crippen molar-refractivity contribution in [2.45, 2.75) is 25.8 Å². The fourth-order valence-corrected chi connectivity index (χ4v) is 3.04. The Hall–Kier alpha value is -3.93. The Labute approximate surface area is 188 Å². The number of rotatable bonds is 10. The Balaban J connectivity index is 1.37. The monoisotopic (exact) mass is 429 g/mol. The Morgan fingerprint density at radius 3 is 2.25 bits per heavy atom. The predicted molar refractivity (Wildman–Crippen MR) is 125 cm³/mol. The number of nitrogens with zero attached hydrogens (tertiary/aromatic N) is 1. The maximum Gasteiger partial charge on any atom is 0.258 e. The van der Waals surface area contributed by atoms with Gasteiger partial charge in [-0.25, -0.2) is 5.43 Å². The molecular formula is C26H27N3O3. The first kappa shape index (κ1) is 22.7. The third-order valence-corrected chi connectivity index (χ3v) is 4.81. The molecule has 2 N–H and O–H groups in total. The molecule has 3 aromatic carbocycles. The van der Waals surface area contributed by atoms with Gasteiger partial charge in [0.2, 0.25) is 5.91 Å². The molecule has 6 heteroatoms. The molecule has 0 spiro atoms. The van der Waals surface area contributed by atoms with Crippen molar-refractivity contribution in [3.63, 3.8) is 0 Å². The minimum absolute atomic E-state index is 0.0674. The fraction of sp³-hybridized carbons (Fsp3) is 0.192. The smallest absolute Gasteiger partial charge is 0.258 e. The molecule has 6 nitrogen and oxygen atoms in total. The number of ether oxygens (including phenoxy) is 1. The van der Waals surface area contributed by atoms with Gasteiger partial charge in [0, 0.05) is 6.42 Å². The van der Waals surface area contributed by atoms with Crippen molar-refractivity contribution >= 4 is 18.0 Å². The summed E-state index contributed by atoms with van der Waals surface area (Å²) in [5.41, 5.74) is 5.50. The number of hydrazone groups is 1. The summed E-state index contributed by atoms with van der Waals surface area (Å²) < 4.78 is 5.55. The van der Waals surface area contributed by atoms with Gasteiger partial charge in [-0.1, -0.05) is 60.7 Å². The first-order valence-corrected chi connectivity index (χ1v) is 10.5. The van der Waals surface area contributed by atoms with E-state index in [9.17, 15) is 9.59 Å². The molecule has 1 atom stereocenters. The number of carbonyl (C=O) groups is 2. The van der Waals surface area contributed by atoms with Crippen molar-refractivity contribution in [1.82, 2.24) is 10.7 Å². The van der Waals surface area contributed by atoms with Crippen LogP contribution in [-0.4, -0.2) is 24.6 Å². The average Bonchev–Trinajstić information content (AvgIpc) is 2.83. The van der Waals surface area contributed by atoms with Gasteiger partial charge in [-0.3, -0.25) is 9.59 Å². The molecule has 0 bridgehead atoms. The lowest BCUT2D eigenvalue weighted by Gasteiger charge is -2.14. The molecule has 0 saturated heterocycles. The van der Waals surface area contributed by atoms with Gasteiger partial charge in [-0.15, -0.1) is 0 Å². The summed E-state index contributed by atoms with van der Waals surface area (Å²) in [6, 6.07) is 26.6. The zero-order chi connectivity index (χ0) is 22.6. The first-order valence-electron chi connectivity index (χ1n) is 10.5. The topological polar surface area (TPSA) is 79.8 Å². The van der Waals surface area contributed by atoms with Gasteiger partial charge in [0.25, 0.3) is 5.91 Å². The molecule has 0 aliphatic heterocycles. The number of aryl methyl sites for hydroxylation is 1. The van der Waals surface area contributed by atoms with Crippen LogP contribution in [0.1, 0.15) is 36.1 Å². The zero-order valence-electron chi connectivity index (χ0n) is 18.0. The van der Waals surface area contributed by atoms with Crippen molar-refractivity contribution in [2.75, 3.05) is 6.61 Å². The van der Waals surface area contributed by atoms with Gasteiger partial charge >= 0.3 is 0 Å². The maximum absolute atomic E-state index is 12.1. The summed E-state index contributed by atoms with van der Waals surface area (Å²) in [5, 5.41) is 6.90. The van der Waals surface area contributed by atoms with Crippen LogP contribution in [0.15, 0.2) is 90.0 Å². The van der Waals surface area contributed by atoms with Crippen LogP contribution in [0.25, 0.3) is 0 Å². The number of hydrogen-bond acceptors (Lipinski definition) is 4. The second-order valence-electron chi connectivity index (χ2n) is 7.34. The van der Waals surface area contributed by atoms with E-state index in [0.29, 0.717) is 18.6 Å². The normalized spacial score (nSPS) is 11.7. The summed E-state index contributed by atoms with van der Waals surface area (Å²) in [4.78, 5) is 24.0. The molecule has 0 fully saturated rings. The molecule has 3 rings (SSSR count). The van der Waals surface area contributed by atoms with Crippen LogP contribution in [0.3, 0.4) is 0 Å². The van der Waals surface area contributed by atoms with Crippen molar-refractivity contribution < 1.29 is 14.3 Å². The Bertz CT molecular complexity index is 1020. The molecule has 0 aliphatic rings. The highest BCUT2D eigenvalue weighted by molar-refractivity contribution is 5.82. The molecule has 0 saturated carbocycles. The number of amides is 2. The highest BCUT2D eigenvalue weighted by Gasteiger charge is 2.09. The number of nitrogens with one attached hydrogen (secondary N) is 2. The molecule has 0 aromatic heterocycles. The van der Waals surface area contributed by atoms with Crippen LogP contribution in [0, 0.1) is 0 Å². The molecule has 3 aromatic rings. The molecule has 164 valence electrons. The van der Waals surface area contributed by atoms with E-state index < -0.39 is 0 Å². The van der Waals surface area contributed by atoms with Crippen LogP contribution in [0.2, 0.25) is 0 Å². The molecular weight excluding hydrogens is 402 g/mol. The predicted octanol–water partition coefficient (Wildman–Crippen LogP) is 4.03. The summed E-state index contributed by atoms with van der Waals surface area (Å²) >= 11 is 0. The van der Waals surface area contributed by atoms with E-state index in [-0.39, 0.29) is 24.5 Å². The summed E-state index contributed by atoms with van der Waals surface area (Å²) in [6.45, 7) is 1.86. The molecule has 0 unspecified atom stereocenters. The van der Waals surface area contributed by atoms with Gasteiger partial charge in [-0.05, 0) is 54.3 Å². The van der Waals surface area contributed by atoms with Gasteiger partial charge in [-0.2, -0.15) is 5.10 Å². The van der Waals surface area contributed by atoms with E-state index in [0.717, 1.165) is 16.7 Å². The number of hydrogen-bond donors (Lipinski definition) is 2. The molecule has 0 radical (unpaired) electrons. The Kier molecular flexibility index (Phi) is 8.57. The van der Waals surface area contributed by atoms with Crippen molar-refractivity contribution in [2.24, 2.45) is 5.10 Å². The maximum atomic E-state index is 12.1. The highest BCUT2D eigenvalue weighted by atomic mass is 16.5. The van der Waals surface area contributed by atoms with E-state index >= 15 is 0 Å². The summed E-state index contributed by atoms with van der Waals surface area (Å²) in [6.07, 6.45) is 2.61. The lowest BCUT2D eigenvalue weighted by molar-refractivity contribution is -0.123. The lowest BCUT2D eigenvalue weighted by atomic mass is 10.1. The molecule has 2 amide bonds. The average molecular weight is 430 g/mol. The minimum Gasteiger partial charge on any atom is -0.484 e. The van der Waals surface area contributed by atoms with Crippen LogP contribution >= 0.6 is 0 Å². The third-order valence-electron chi connectivity index (χ3n) is 4.81. The first-order chi connectivity index (χ1) is 15.6. The van der Waals surface area contributed by atoms with Gasteiger partial charge in [0.1, 0.15) is 5.75 Å². The summed E-state index contributed by atoms with van der Waals surface area (Å²) in [5.74, 6) is 0.252. The Morgan fingerprint density at radius 2 is 1.56 bits per heavy atom. The third kappa shape index (κ3) is 7.72. The molecule has 0 heterocycles. The van der Waals surface area contributed by atoms with Crippen LogP contribution in [-0.2, 0) is 16.0 Å². The van der Waals surface area contributed by atoms with E-state index in [1.165, 1.54) is 0 Å².